The monoisotopic (exact) mass is 258 g/mol. The van der Waals surface area contributed by atoms with Gasteiger partial charge in [0.1, 0.15) is 0 Å². The van der Waals surface area contributed by atoms with Gasteiger partial charge in [0.25, 0.3) is 0 Å². The van der Waals surface area contributed by atoms with Crippen molar-refractivity contribution >= 4 is 10.9 Å². The first-order chi connectivity index (χ1) is 8.99. The van der Waals surface area contributed by atoms with Crippen molar-refractivity contribution < 1.29 is 4.74 Å². The third-order valence-electron chi connectivity index (χ3n) is 3.10. The molecule has 0 aliphatic heterocycles. The Labute approximate surface area is 114 Å². The second-order valence-corrected chi connectivity index (χ2v) is 6.00. The van der Waals surface area contributed by atoms with Crippen LogP contribution < -0.4 is 10.5 Å². The van der Waals surface area contributed by atoms with Crippen molar-refractivity contribution in [2.45, 2.75) is 33.7 Å². The van der Waals surface area contributed by atoms with E-state index in [1.807, 2.05) is 30.3 Å². The second kappa shape index (κ2) is 5.57. The highest BCUT2D eigenvalue weighted by molar-refractivity contribution is 5.82. The first-order valence-corrected chi connectivity index (χ1v) is 6.71. The lowest BCUT2D eigenvalue weighted by Gasteiger charge is -2.18. The van der Waals surface area contributed by atoms with Crippen LogP contribution >= 0.6 is 0 Å². The highest BCUT2D eigenvalue weighted by Crippen LogP contribution is 2.23. The molecule has 0 atom stereocenters. The predicted molar refractivity (Wildman–Crippen MR) is 79.2 cm³/mol. The SMILES string of the molecule is CC(C)(C)CCOc1cc(CN)c2ccccc2n1. The van der Waals surface area contributed by atoms with Gasteiger partial charge in [-0.15, -0.1) is 0 Å². The third kappa shape index (κ3) is 3.67. The molecule has 19 heavy (non-hydrogen) atoms. The quantitative estimate of drug-likeness (QED) is 0.913. The Balaban J connectivity index is 2.20. The van der Waals surface area contributed by atoms with E-state index in [0.717, 1.165) is 22.9 Å². The molecule has 0 fully saturated rings. The van der Waals surface area contributed by atoms with Gasteiger partial charge in [-0.25, -0.2) is 4.98 Å². The molecule has 1 aromatic carbocycles. The third-order valence-corrected chi connectivity index (χ3v) is 3.10. The lowest BCUT2D eigenvalue weighted by atomic mass is 9.93. The van der Waals surface area contributed by atoms with Crippen molar-refractivity contribution in [3.8, 4) is 5.88 Å². The number of aromatic nitrogens is 1. The van der Waals surface area contributed by atoms with Crippen LogP contribution in [0.3, 0.4) is 0 Å². The fourth-order valence-electron chi connectivity index (χ4n) is 1.93. The summed E-state index contributed by atoms with van der Waals surface area (Å²) in [5.41, 5.74) is 8.09. The highest BCUT2D eigenvalue weighted by Gasteiger charge is 2.11. The number of ether oxygens (including phenoxy) is 1. The standard InChI is InChI=1S/C16H22N2O/c1-16(2,3)8-9-19-15-10-12(11-17)13-6-4-5-7-14(13)18-15/h4-7,10H,8-9,11,17H2,1-3H3. The van der Waals surface area contributed by atoms with E-state index in [4.69, 9.17) is 10.5 Å². The largest absolute Gasteiger partial charge is 0.478 e. The Bertz CT molecular complexity index is 558. The van der Waals surface area contributed by atoms with Crippen LogP contribution in [-0.4, -0.2) is 11.6 Å². The minimum absolute atomic E-state index is 0.271. The summed E-state index contributed by atoms with van der Waals surface area (Å²) in [4.78, 5) is 4.53. The maximum atomic E-state index is 5.80. The van der Waals surface area contributed by atoms with Gasteiger partial charge < -0.3 is 10.5 Å². The normalized spacial score (nSPS) is 11.8. The number of hydrogen-bond donors (Lipinski definition) is 1. The molecule has 2 N–H and O–H groups in total. The molecule has 3 heteroatoms. The van der Waals surface area contributed by atoms with Crippen LogP contribution in [0, 0.1) is 5.41 Å². The molecular weight excluding hydrogens is 236 g/mol. The zero-order valence-electron chi connectivity index (χ0n) is 11.9. The van der Waals surface area contributed by atoms with Gasteiger partial charge in [0.15, 0.2) is 0 Å². The number of rotatable bonds is 4. The summed E-state index contributed by atoms with van der Waals surface area (Å²) in [6.07, 6.45) is 0.999. The van der Waals surface area contributed by atoms with Gasteiger partial charge in [0, 0.05) is 18.0 Å². The molecule has 3 nitrogen and oxygen atoms in total. The van der Waals surface area contributed by atoms with E-state index in [2.05, 4.69) is 25.8 Å². The van der Waals surface area contributed by atoms with Crippen molar-refractivity contribution in [1.29, 1.82) is 0 Å². The van der Waals surface area contributed by atoms with Crippen LogP contribution in [0.1, 0.15) is 32.8 Å². The molecule has 102 valence electrons. The van der Waals surface area contributed by atoms with Crippen LogP contribution in [0.25, 0.3) is 10.9 Å². The summed E-state index contributed by atoms with van der Waals surface area (Å²) in [5, 5.41) is 1.10. The number of para-hydroxylation sites is 1. The molecular formula is C16H22N2O. The van der Waals surface area contributed by atoms with Crippen molar-refractivity contribution in [2.75, 3.05) is 6.61 Å². The maximum Gasteiger partial charge on any atom is 0.214 e. The molecule has 0 saturated carbocycles. The Kier molecular flexibility index (Phi) is 4.05. The number of fused-ring (bicyclic) bond motifs is 1. The van der Waals surface area contributed by atoms with Gasteiger partial charge in [-0.3, -0.25) is 0 Å². The van der Waals surface area contributed by atoms with Crippen LogP contribution in [-0.2, 0) is 6.54 Å². The second-order valence-electron chi connectivity index (χ2n) is 6.00. The summed E-state index contributed by atoms with van der Waals surface area (Å²) in [7, 11) is 0. The first kappa shape index (κ1) is 13.8. The molecule has 0 unspecified atom stereocenters. The van der Waals surface area contributed by atoms with Crippen molar-refractivity contribution in [1.82, 2.24) is 4.98 Å². The summed E-state index contributed by atoms with van der Waals surface area (Å²) in [6.45, 7) is 7.79. The molecule has 2 rings (SSSR count). The van der Waals surface area contributed by atoms with Crippen molar-refractivity contribution in [3.63, 3.8) is 0 Å². The Morgan fingerprint density at radius 2 is 1.95 bits per heavy atom. The average molecular weight is 258 g/mol. The molecule has 2 aromatic rings. The van der Waals surface area contributed by atoms with Crippen molar-refractivity contribution in [3.05, 3.63) is 35.9 Å². The molecule has 0 aliphatic rings. The zero-order valence-corrected chi connectivity index (χ0v) is 11.9. The molecule has 0 amide bonds. The minimum atomic E-state index is 0.271. The van der Waals surface area contributed by atoms with Crippen LogP contribution in [0.15, 0.2) is 30.3 Å². The van der Waals surface area contributed by atoms with E-state index < -0.39 is 0 Å². The summed E-state index contributed by atoms with van der Waals surface area (Å²) >= 11 is 0. The fourth-order valence-corrected chi connectivity index (χ4v) is 1.93. The van der Waals surface area contributed by atoms with Crippen LogP contribution in [0.2, 0.25) is 0 Å². The Morgan fingerprint density at radius 3 is 2.63 bits per heavy atom. The maximum absolute atomic E-state index is 5.80. The Hall–Kier alpha value is -1.61. The number of nitrogens with two attached hydrogens (primary N) is 1. The van der Waals surface area contributed by atoms with Crippen LogP contribution in [0.5, 0.6) is 5.88 Å². The fraction of sp³-hybridized carbons (Fsp3) is 0.438. The molecule has 0 saturated heterocycles. The molecule has 1 heterocycles. The predicted octanol–water partition coefficient (Wildman–Crippen LogP) is 3.51. The lowest BCUT2D eigenvalue weighted by molar-refractivity contribution is 0.237. The van der Waals surface area contributed by atoms with Gasteiger partial charge in [-0.2, -0.15) is 0 Å². The number of benzene rings is 1. The van der Waals surface area contributed by atoms with Gasteiger partial charge in [-0.05, 0) is 23.5 Å². The topological polar surface area (TPSA) is 48.1 Å². The molecule has 0 spiro atoms. The minimum Gasteiger partial charge on any atom is -0.478 e. The first-order valence-electron chi connectivity index (χ1n) is 6.71. The van der Waals surface area contributed by atoms with Gasteiger partial charge >= 0.3 is 0 Å². The summed E-state index contributed by atoms with van der Waals surface area (Å²) in [6, 6.07) is 9.97. The molecule has 0 radical (unpaired) electrons. The zero-order chi connectivity index (χ0) is 13.9. The van der Waals surface area contributed by atoms with Crippen molar-refractivity contribution in [2.24, 2.45) is 11.1 Å². The van der Waals surface area contributed by atoms with E-state index in [1.54, 1.807) is 0 Å². The van der Waals surface area contributed by atoms with E-state index in [1.165, 1.54) is 0 Å². The van der Waals surface area contributed by atoms with Gasteiger partial charge in [0.05, 0.1) is 12.1 Å². The van der Waals surface area contributed by atoms with Crippen LogP contribution in [0.4, 0.5) is 0 Å². The van der Waals surface area contributed by atoms with E-state index >= 15 is 0 Å². The Morgan fingerprint density at radius 1 is 1.21 bits per heavy atom. The highest BCUT2D eigenvalue weighted by atomic mass is 16.5. The summed E-state index contributed by atoms with van der Waals surface area (Å²) in [5.74, 6) is 0.670. The average Bonchev–Trinajstić information content (AvgIpc) is 2.36. The lowest BCUT2D eigenvalue weighted by Crippen LogP contribution is -2.12. The van der Waals surface area contributed by atoms with Gasteiger partial charge in [-0.1, -0.05) is 39.0 Å². The molecule has 0 aliphatic carbocycles. The van der Waals surface area contributed by atoms with Gasteiger partial charge in [0.2, 0.25) is 5.88 Å². The number of nitrogens with zero attached hydrogens (tertiary/aromatic N) is 1. The molecule has 0 bridgehead atoms. The summed E-state index contributed by atoms with van der Waals surface area (Å²) < 4.78 is 5.77. The van der Waals surface area contributed by atoms with E-state index in [0.29, 0.717) is 19.0 Å². The number of pyridine rings is 1. The van der Waals surface area contributed by atoms with E-state index in [9.17, 15) is 0 Å². The smallest absolute Gasteiger partial charge is 0.214 e. The molecule has 1 aromatic heterocycles. The number of hydrogen-bond acceptors (Lipinski definition) is 3. The van der Waals surface area contributed by atoms with E-state index in [-0.39, 0.29) is 5.41 Å².